The zero-order chi connectivity index (χ0) is 13.4. The summed E-state index contributed by atoms with van der Waals surface area (Å²) < 4.78 is 5.13. The van der Waals surface area contributed by atoms with Crippen molar-refractivity contribution < 1.29 is 9.53 Å². The third-order valence-corrected chi connectivity index (χ3v) is 3.01. The third kappa shape index (κ3) is 5.45. The van der Waals surface area contributed by atoms with Crippen LogP contribution < -0.4 is 5.32 Å². The summed E-state index contributed by atoms with van der Waals surface area (Å²) in [6.45, 7) is 4.65. The molecule has 1 aromatic carbocycles. The van der Waals surface area contributed by atoms with Crippen LogP contribution in [0, 0.1) is 0 Å². The van der Waals surface area contributed by atoms with E-state index in [1.165, 1.54) is 0 Å². The Balaban J connectivity index is 2.44. The molecule has 0 unspecified atom stereocenters. The fraction of sp³-hybridized carbons (Fsp3) is 0.500. The van der Waals surface area contributed by atoms with E-state index >= 15 is 0 Å². The van der Waals surface area contributed by atoms with Crippen molar-refractivity contribution in [2.24, 2.45) is 0 Å². The number of carbonyl (C=O) groups is 1. The standard InChI is InChI=1S/C14H21NO2S/c1-11(2)17-14(16)12-5-7-13(8-6-12)15-9-4-10-18-3/h5-8,11,15H,4,9-10H2,1-3H3. The average molecular weight is 267 g/mol. The predicted molar refractivity (Wildman–Crippen MR) is 78.5 cm³/mol. The molecule has 3 nitrogen and oxygen atoms in total. The highest BCUT2D eigenvalue weighted by atomic mass is 32.2. The Labute approximate surface area is 113 Å². The van der Waals surface area contributed by atoms with Crippen LogP contribution in [-0.2, 0) is 4.74 Å². The van der Waals surface area contributed by atoms with Gasteiger partial charge in [0.2, 0.25) is 0 Å². The van der Waals surface area contributed by atoms with Crippen LogP contribution in [0.15, 0.2) is 24.3 Å². The maximum absolute atomic E-state index is 11.6. The lowest BCUT2D eigenvalue weighted by Crippen LogP contribution is -2.11. The van der Waals surface area contributed by atoms with Gasteiger partial charge in [0.05, 0.1) is 11.7 Å². The number of rotatable bonds is 7. The van der Waals surface area contributed by atoms with Crippen LogP contribution in [-0.4, -0.2) is 30.6 Å². The molecule has 0 saturated heterocycles. The summed E-state index contributed by atoms with van der Waals surface area (Å²) in [5.74, 6) is 0.894. The number of ether oxygens (including phenoxy) is 1. The Morgan fingerprint density at radius 2 is 2.00 bits per heavy atom. The quantitative estimate of drug-likeness (QED) is 0.607. The molecule has 0 aromatic heterocycles. The van der Waals surface area contributed by atoms with Gasteiger partial charge in [0.15, 0.2) is 0 Å². The fourth-order valence-corrected chi connectivity index (χ4v) is 1.89. The van der Waals surface area contributed by atoms with Gasteiger partial charge in [-0.05, 0) is 56.5 Å². The molecule has 0 saturated carbocycles. The highest BCUT2D eigenvalue weighted by Gasteiger charge is 2.08. The minimum Gasteiger partial charge on any atom is -0.459 e. The lowest BCUT2D eigenvalue weighted by atomic mass is 10.2. The summed E-state index contributed by atoms with van der Waals surface area (Å²) in [4.78, 5) is 11.6. The molecular formula is C14H21NO2S. The highest BCUT2D eigenvalue weighted by Crippen LogP contribution is 2.11. The summed E-state index contributed by atoms with van der Waals surface area (Å²) >= 11 is 1.85. The highest BCUT2D eigenvalue weighted by molar-refractivity contribution is 7.98. The van der Waals surface area contributed by atoms with Crippen molar-refractivity contribution in [3.05, 3.63) is 29.8 Å². The molecule has 18 heavy (non-hydrogen) atoms. The van der Waals surface area contributed by atoms with E-state index in [9.17, 15) is 4.79 Å². The van der Waals surface area contributed by atoms with Gasteiger partial charge in [0.1, 0.15) is 0 Å². The lowest BCUT2D eigenvalue weighted by molar-refractivity contribution is 0.0378. The molecule has 0 aliphatic heterocycles. The number of nitrogens with one attached hydrogen (secondary N) is 1. The van der Waals surface area contributed by atoms with Crippen molar-refractivity contribution in [3.8, 4) is 0 Å². The number of benzene rings is 1. The first-order valence-corrected chi connectivity index (χ1v) is 7.56. The van der Waals surface area contributed by atoms with Gasteiger partial charge in [0.25, 0.3) is 0 Å². The minimum atomic E-state index is -0.265. The summed E-state index contributed by atoms with van der Waals surface area (Å²) in [6, 6.07) is 7.41. The molecule has 0 heterocycles. The lowest BCUT2D eigenvalue weighted by Gasteiger charge is -2.09. The van der Waals surface area contributed by atoms with Gasteiger partial charge in [-0.15, -0.1) is 0 Å². The first-order chi connectivity index (χ1) is 8.63. The van der Waals surface area contributed by atoms with E-state index in [4.69, 9.17) is 4.74 Å². The van der Waals surface area contributed by atoms with E-state index in [2.05, 4.69) is 11.6 Å². The molecule has 0 fully saturated rings. The Bertz CT molecular complexity index is 363. The zero-order valence-corrected chi connectivity index (χ0v) is 12.0. The summed E-state index contributed by atoms with van der Waals surface area (Å²) in [6.07, 6.45) is 3.16. The van der Waals surface area contributed by atoms with Crippen molar-refractivity contribution in [3.63, 3.8) is 0 Å². The maximum Gasteiger partial charge on any atom is 0.338 e. The minimum absolute atomic E-state index is 0.0816. The summed E-state index contributed by atoms with van der Waals surface area (Å²) in [5, 5.41) is 3.32. The Morgan fingerprint density at radius 1 is 1.33 bits per heavy atom. The van der Waals surface area contributed by atoms with Gasteiger partial charge in [-0.25, -0.2) is 4.79 Å². The molecule has 0 atom stereocenters. The number of thioether (sulfide) groups is 1. The number of hydrogen-bond acceptors (Lipinski definition) is 4. The monoisotopic (exact) mass is 267 g/mol. The average Bonchev–Trinajstić information content (AvgIpc) is 2.34. The van der Waals surface area contributed by atoms with Gasteiger partial charge >= 0.3 is 5.97 Å². The first kappa shape index (κ1) is 14.9. The van der Waals surface area contributed by atoms with Gasteiger partial charge in [-0.3, -0.25) is 0 Å². The SMILES string of the molecule is CSCCCNc1ccc(C(=O)OC(C)C)cc1. The fourth-order valence-electron chi connectivity index (χ4n) is 1.46. The summed E-state index contributed by atoms with van der Waals surface area (Å²) in [7, 11) is 0. The second kappa shape index (κ2) is 8.03. The number of hydrogen-bond donors (Lipinski definition) is 1. The largest absolute Gasteiger partial charge is 0.459 e. The summed E-state index contributed by atoms with van der Waals surface area (Å²) in [5.41, 5.74) is 1.63. The van der Waals surface area contributed by atoms with Crippen LogP contribution in [0.2, 0.25) is 0 Å². The molecule has 4 heteroatoms. The Hall–Kier alpha value is -1.16. The van der Waals surface area contributed by atoms with E-state index < -0.39 is 0 Å². The molecule has 0 aliphatic rings. The van der Waals surface area contributed by atoms with E-state index in [0.717, 1.165) is 24.4 Å². The maximum atomic E-state index is 11.6. The van der Waals surface area contributed by atoms with E-state index in [1.807, 2.05) is 37.7 Å². The molecular weight excluding hydrogens is 246 g/mol. The number of anilines is 1. The predicted octanol–water partition coefficient (Wildman–Crippen LogP) is 3.42. The van der Waals surface area contributed by atoms with Gasteiger partial charge in [0, 0.05) is 12.2 Å². The van der Waals surface area contributed by atoms with Crippen molar-refractivity contribution >= 4 is 23.4 Å². The molecule has 0 spiro atoms. The number of carbonyl (C=O) groups excluding carboxylic acids is 1. The zero-order valence-electron chi connectivity index (χ0n) is 11.2. The second-order valence-electron chi connectivity index (χ2n) is 4.30. The molecule has 0 radical (unpaired) electrons. The smallest absolute Gasteiger partial charge is 0.338 e. The van der Waals surface area contributed by atoms with Gasteiger partial charge in [-0.2, -0.15) is 11.8 Å². The van der Waals surface area contributed by atoms with Crippen molar-refractivity contribution in [1.29, 1.82) is 0 Å². The molecule has 1 rings (SSSR count). The van der Waals surface area contributed by atoms with Crippen LogP contribution in [0.4, 0.5) is 5.69 Å². The van der Waals surface area contributed by atoms with Crippen molar-refractivity contribution in [1.82, 2.24) is 0 Å². The van der Waals surface area contributed by atoms with Crippen LogP contribution in [0.5, 0.6) is 0 Å². The van der Waals surface area contributed by atoms with E-state index in [1.54, 1.807) is 12.1 Å². The molecule has 0 amide bonds. The second-order valence-corrected chi connectivity index (χ2v) is 5.29. The molecule has 100 valence electrons. The normalized spacial score (nSPS) is 10.4. The van der Waals surface area contributed by atoms with E-state index in [0.29, 0.717) is 5.56 Å². The topological polar surface area (TPSA) is 38.3 Å². The molecule has 1 aromatic rings. The first-order valence-electron chi connectivity index (χ1n) is 6.17. The third-order valence-electron chi connectivity index (χ3n) is 2.32. The molecule has 1 N–H and O–H groups in total. The van der Waals surface area contributed by atoms with Gasteiger partial charge < -0.3 is 10.1 Å². The molecule has 0 bridgehead atoms. The Morgan fingerprint density at radius 3 is 2.56 bits per heavy atom. The van der Waals surface area contributed by atoms with Gasteiger partial charge in [-0.1, -0.05) is 0 Å². The van der Waals surface area contributed by atoms with Crippen LogP contribution in [0.25, 0.3) is 0 Å². The van der Waals surface area contributed by atoms with Crippen LogP contribution in [0.1, 0.15) is 30.6 Å². The van der Waals surface area contributed by atoms with Crippen molar-refractivity contribution in [2.75, 3.05) is 23.9 Å². The van der Waals surface area contributed by atoms with Crippen LogP contribution in [0.3, 0.4) is 0 Å². The Kier molecular flexibility index (Phi) is 6.65. The van der Waals surface area contributed by atoms with Crippen LogP contribution >= 0.6 is 11.8 Å². The molecule has 0 aliphatic carbocycles. The number of esters is 1. The van der Waals surface area contributed by atoms with E-state index in [-0.39, 0.29) is 12.1 Å². The van der Waals surface area contributed by atoms with Crippen molar-refractivity contribution in [2.45, 2.75) is 26.4 Å².